The third-order valence-electron chi connectivity index (χ3n) is 2.15. The second kappa shape index (κ2) is 11.7. The Kier molecular flexibility index (Phi) is 10.9. The Bertz CT molecular complexity index is 269. The highest BCUT2D eigenvalue weighted by Crippen LogP contribution is 1.85. The lowest BCUT2D eigenvalue weighted by Crippen LogP contribution is -2.43. The molecule has 0 aromatic rings. The van der Waals surface area contributed by atoms with Crippen LogP contribution in [0.25, 0.3) is 0 Å². The minimum Gasteiger partial charge on any atom is -0.382 e. The maximum atomic E-state index is 11.4. The van der Waals surface area contributed by atoms with Crippen molar-refractivity contribution in [1.29, 1.82) is 0 Å². The summed E-state index contributed by atoms with van der Waals surface area (Å²) in [5, 5.41) is 5.79. The molecule has 5 N–H and O–H groups in total. The predicted molar refractivity (Wildman–Crippen MR) is 76.6 cm³/mol. The first-order valence-corrected chi connectivity index (χ1v) is 6.72. The van der Waals surface area contributed by atoms with Gasteiger partial charge >= 0.3 is 0 Å². The van der Waals surface area contributed by atoms with Gasteiger partial charge in [-0.25, -0.2) is 5.84 Å². The fourth-order valence-electron chi connectivity index (χ4n) is 1.34. The molecule has 7 nitrogen and oxygen atoms in total. The monoisotopic (exact) mass is 273 g/mol. The van der Waals surface area contributed by atoms with Crippen LogP contribution in [-0.2, 0) is 9.53 Å². The SMILES string of the molecule is CCOCCCN=C(NN)NCCC(=O)NC(C)C. The van der Waals surface area contributed by atoms with Crippen molar-refractivity contribution in [2.24, 2.45) is 10.8 Å². The zero-order valence-corrected chi connectivity index (χ0v) is 12.2. The first-order valence-electron chi connectivity index (χ1n) is 6.72. The zero-order chi connectivity index (χ0) is 14.5. The average molecular weight is 273 g/mol. The summed E-state index contributed by atoms with van der Waals surface area (Å²) in [4.78, 5) is 15.6. The summed E-state index contributed by atoms with van der Waals surface area (Å²) in [7, 11) is 0. The molecule has 0 aromatic carbocycles. The van der Waals surface area contributed by atoms with E-state index in [0.717, 1.165) is 13.0 Å². The van der Waals surface area contributed by atoms with Gasteiger partial charge in [-0.3, -0.25) is 15.2 Å². The maximum absolute atomic E-state index is 11.4. The molecule has 19 heavy (non-hydrogen) atoms. The topological polar surface area (TPSA) is 101 Å². The minimum absolute atomic E-state index is 0.00946. The highest BCUT2D eigenvalue weighted by Gasteiger charge is 2.03. The maximum Gasteiger partial charge on any atom is 0.221 e. The first kappa shape index (κ1) is 17.7. The molecule has 0 saturated carbocycles. The van der Waals surface area contributed by atoms with Gasteiger partial charge in [0.15, 0.2) is 0 Å². The molecule has 0 unspecified atom stereocenters. The van der Waals surface area contributed by atoms with Crippen LogP contribution in [0.1, 0.15) is 33.6 Å². The van der Waals surface area contributed by atoms with E-state index in [-0.39, 0.29) is 11.9 Å². The van der Waals surface area contributed by atoms with Crippen LogP contribution in [-0.4, -0.2) is 44.2 Å². The number of aliphatic imine (C=N–C) groups is 1. The molecule has 0 aromatic heterocycles. The standard InChI is InChI=1S/C12H27N5O2/c1-4-19-9-5-7-14-12(17-13)15-8-6-11(18)16-10(2)3/h10H,4-9,13H2,1-3H3,(H,16,18)(H2,14,15,17). The van der Waals surface area contributed by atoms with Gasteiger partial charge in [-0.15, -0.1) is 0 Å². The molecule has 0 saturated heterocycles. The molecule has 0 aliphatic carbocycles. The minimum atomic E-state index is 0.00946. The van der Waals surface area contributed by atoms with Gasteiger partial charge in [0.05, 0.1) is 0 Å². The summed E-state index contributed by atoms with van der Waals surface area (Å²) >= 11 is 0. The number of hydrogen-bond acceptors (Lipinski definition) is 4. The van der Waals surface area contributed by atoms with Crippen molar-refractivity contribution < 1.29 is 9.53 Å². The molecule has 0 heterocycles. The molecule has 0 fully saturated rings. The molecule has 0 atom stereocenters. The quantitative estimate of drug-likeness (QED) is 0.152. The van der Waals surface area contributed by atoms with E-state index in [1.54, 1.807) is 0 Å². The van der Waals surface area contributed by atoms with E-state index in [1.807, 2.05) is 20.8 Å². The number of nitrogens with one attached hydrogen (secondary N) is 3. The third kappa shape index (κ3) is 11.5. The van der Waals surface area contributed by atoms with E-state index >= 15 is 0 Å². The lowest BCUT2D eigenvalue weighted by Gasteiger charge is -2.11. The Morgan fingerprint density at radius 1 is 1.42 bits per heavy atom. The van der Waals surface area contributed by atoms with Crippen LogP contribution in [0.2, 0.25) is 0 Å². The van der Waals surface area contributed by atoms with Gasteiger partial charge in [0, 0.05) is 38.8 Å². The highest BCUT2D eigenvalue weighted by molar-refractivity contribution is 5.80. The van der Waals surface area contributed by atoms with Crippen molar-refractivity contribution in [3.05, 3.63) is 0 Å². The Morgan fingerprint density at radius 2 is 2.16 bits per heavy atom. The number of ether oxygens (including phenoxy) is 1. The number of carbonyl (C=O) groups is 1. The average Bonchev–Trinajstić information content (AvgIpc) is 2.35. The number of nitrogens with zero attached hydrogens (tertiary/aromatic N) is 1. The molecular weight excluding hydrogens is 246 g/mol. The molecule has 0 rings (SSSR count). The van der Waals surface area contributed by atoms with Crippen LogP contribution in [0.3, 0.4) is 0 Å². The fraction of sp³-hybridized carbons (Fsp3) is 0.833. The number of guanidine groups is 1. The highest BCUT2D eigenvalue weighted by atomic mass is 16.5. The van der Waals surface area contributed by atoms with Crippen LogP contribution in [0, 0.1) is 0 Å². The first-order chi connectivity index (χ1) is 9.10. The van der Waals surface area contributed by atoms with Crippen molar-refractivity contribution in [3.8, 4) is 0 Å². The van der Waals surface area contributed by atoms with Crippen molar-refractivity contribution in [2.75, 3.05) is 26.3 Å². The summed E-state index contributed by atoms with van der Waals surface area (Å²) in [6.07, 6.45) is 1.23. The number of carbonyl (C=O) groups excluding carboxylic acids is 1. The van der Waals surface area contributed by atoms with Gasteiger partial charge in [0.25, 0.3) is 0 Å². The summed E-state index contributed by atoms with van der Waals surface area (Å²) < 4.78 is 5.20. The molecule has 0 spiro atoms. The van der Waals surface area contributed by atoms with Crippen molar-refractivity contribution in [3.63, 3.8) is 0 Å². The van der Waals surface area contributed by atoms with Gasteiger partial charge in [0.2, 0.25) is 11.9 Å². The van der Waals surface area contributed by atoms with Crippen LogP contribution in [0.5, 0.6) is 0 Å². The number of nitrogens with two attached hydrogens (primary N) is 1. The molecule has 0 radical (unpaired) electrons. The summed E-state index contributed by atoms with van der Waals surface area (Å²) in [5.74, 6) is 5.84. The van der Waals surface area contributed by atoms with E-state index in [4.69, 9.17) is 10.6 Å². The van der Waals surface area contributed by atoms with E-state index in [2.05, 4.69) is 21.1 Å². The van der Waals surface area contributed by atoms with Crippen molar-refractivity contribution in [1.82, 2.24) is 16.1 Å². The molecule has 0 bridgehead atoms. The smallest absolute Gasteiger partial charge is 0.221 e. The zero-order valence-electron chi connectivity index (χ0n) is 12.2. The summed E-state index contributed by atoms with van der Waals surface area (Å²) in [6.45, 7) is 8.34. The lowest BCUT2D eigenvalue weighted by molar-refractivity contribution is -0.121. The van der Waals surface area contributed by atoms with E-state index in [9.17, 15) is 4.79 Å². The Balaban J connectivity index is 3.74. The second-order valence-electron chi connectivity index (χ2n) is 4.32. The largest absolute Gasteiger partial charge is 0.382 e. The number of hydrazine groups is 1. The van der Waals surface area contributed by atoms with Crippen molar-refractivity contribution >= 4 is 11.9 Å². The Hall–Kier alpha value is -1.34. The summed E-state index contributed by atoms with van der Waals surface area (Å²) in [6, 6.07) is 0.159. The van der Waals surface area contributed by atoms with E-state index in [0.29, 0.717) is 32.1 Å². The van der Waals surface area contributed by atoms with E-state index < -0.39 is 0 Å². The number of amides is 1. The number of rotatable bonds is 9. The molecule has 112 valence electrons. The van der Waals surface area contributed by atoms with Crippen LogP contribution >= 0.6 is 0 Å². The van der Waals surface area contributed by atoms with Gasteiger partial charge < -0.3 is 15.4 Å². The Labute approximate surface area is 115 Å². The van der Waals surface area contributed by atoms with Gasteiger partial charge in [-0.1, -0.05) is 0 Å². The lowest BCUT2D eigenvalue weighted by atomic mass is 10.3. The number of hydrogen-bond donors (Lipinski definition) is 4. The predicted octanol–water partition coefficient (Wildman–Crippen LogP) is -0.263. The van der Waals surface area contributed by atoms with E-state index in [1.165, 1.54) is 0 Å². The molecule has 0 aliphatic heterocycles. The van der Waals surface area contributed by atoms with Crippen LogP contribution in [0.4, 0.5) is 0 Å². The van der Waals surface area contributed by atoms with Gasteiger partial charge in [-0.2, -0.15) is 0 Å². The van der Waals surface area contributed by atoms with Gasteiger partial charge in [-0.05, 0) is 27.2 Å². The second-order valence-corrected chi connectivity index (χ2v) is 4.32. The fourth-order valence-corrected chi connectivity index (χ4v) is 1.34. The molecular formula is C12H27N5O2. The Morgan fingerprint density at radius 3 is 2.74 bits per heavy atom. The normalized spacial score (nSPS) is 11.5. The summed E-state index contributed by atoms with van der Waals surface area (Å²) in [5.41, 5.74) is 2.47. The van der Waals surface area contributed by atoms with Crippen LogP contribution in [0.15, 0.2) is 4.99 Å². The third-order valence-corrected chi connectivity index (χ3v) is 2.15. The van der Waals surface area contributed by atoms with Crippen LogP contribution < -0.4 is 21.9 Å². The van der Waals surface area contributed by atoms with Crippen molar-refractivity contribution in [2.45, 2.75) is 39.7 Å². The molecule has 1 amide bonds. The van der Waals surface area contributed by atoms with Gasteiger partial charge in [0.1, 0.15) is 0 Å². The molecule has 0 aliphatic rings. The molecule has 7 heteroatoms.